The van der Waals surface area contributed by atoms with Crippen LogP contribution in [0.5, 0.6) is 0 Å². The number of hydrogen-bond acceptors (Lipinski definition) is 2. The summed E-state index contributed by atoms with van der Waals surface area (Å²) in [5.74, 6) is 1.64. The minimum atomic E-state index is 0.800. The van der Waals surface area contributed by atoms with Crippen molar-refractivity contribution >= 4 is 5.69 Å². The summed E-state index contributed by atoms with van der Waals surface area (Å²) in [5, 5.41) is 7.23. The molecular formula is C22H32N2. The summed E-state index contributed by atoms with van der Waals surface area (Å²) in [5.41, 5.74) is 2.69. The molecule has 2 N–H and O–H groups in total. The van der Waals surface area contributed by atoms with Crippen LogP contribution in [-0.4, -0.2) is 19.6 Å². The van der Waals surface area contributed by atoms with Gasteiger partial charge in [-0.15, -0.1) is 0 Å². The molecule has 0 bridgehead atoms. The normalized spacial score (nSPS) is 23.3. The summed E-state index contributed by atoms with van der Waals surface area (Å²) in [6.45, 7) is 3.35. The molecule has 2 atom stereocenters. The van der Waals surface area contributed by atoms with E-state index in [9.17, 15) is 0 Å². The fraction of sp³-hybridized carbons (Fsp3) is 0.545. The van der Waals surface area contributed by atoms with Crippen molar-refractivity contribution in [1.82, 2.24) is 5.32 Å². The molecule has 2 nitrogen and oxygen atoms in total. The van der Waals surface area contributed by atoms with Gasteiger partial charge in [0.2, 0.25) is 0 Å². The highest BCUT2D eigenvalue weighted by atomic mass is 14.9. The Morgan fingerprint density at radius 2 is 1.46 bits per heavy atom. The summed E-state index contributed by atoms with van der Waals surface area (Å²) < 4.78 is 0. The van der Waals surface area contributed by atoms with E-state index in [4.69, 9.17) is 0 Å². The van der Waals surface area contributed by atoms with Crippen LogP contribution in [0, 0.1) is 11.8 Å². The quantitative estimate of drug-likeness (QED) is 0.522. The van der Waals surface area contributed by atoms with Gasteiger partial charge in [0.1, 0.15) is 0 Å². The molecule has 1 aromatic rings. The maximum absolute atomic E-state index is 3.63. The van der Waals surface area contributed by atoms with Crippen molar-refractivity contribution in [2.45, 2.75) is 44.9 Å². The third kappa shape index (κ3) is 5.83. The summed E-state index contributed by atoms with van der Waals surface area (Å²) in [4.78, 5) is 0. The van der Waals surface area contributed by atoms with Gasteiger partial charge in [-0.3, -0.25) is 0 Å². The Labute approximate surface area is 147 Å². The van der Waals surface area contributed by atoms with E-state index in [1.165, 1.54) is 56.3 Å². The van der Waals surface area contributed by atoms with Crippen LogP contribution in [0.3, 0.4) is 0 Å². The van der Waals surface area contributed by atoms with E-state index in [2.05, 4.69) is 59.2 Å². The average Bonchev–Trinajstić information content (AvgIpc) is 2.66. The molecule has 0 aliphatic heterocycles. The van der Waals surface area contributed by atoms with Gasteiger partial charge >= 0.3 is 0 Å². The second-order valence-corrected chi connectivity index (χ2v) is 7.33. The molecule has 0 fully saturated rings. The number of allylic oxidation sites excluding steroid dienone is 4. The standard InChI is InChI=1S/C22H32N2/c1-3-7-20(8-4-1)17-23-16-15-19-11-13-22(14-12-19)24-18-21-9-5-2-6-10-21/h1-3,5,11-14,20-21,23-24H,4,6-10,15-18H2. The van der Waals surface area contributed by atoms with Crippen LogP contribution in [-0.2, 0) is 6.42 Å². The highest BCUT2D eigenvalue weighted by Gasteiger charge is 2.10. The van der Waals surface area contributed by atoms with Gasteiger partial charge in [-0.1, -0.05) is 36.4 Å². The zero-order valence-electron chi connectivity index (χ0n) is 14.8. The van der Waals surface area contributed by atoms with E-state index in [1.807, 2.05) is 0 Å². The van der Waals surface area contributed by atoms with Crippen molar-refractivity contribution in [3.63, 3.8) is 0 Å². The summed E-state index contributed by atoms with van der Waals surface area (Å²) >= 11 is 0. The van der Waals surface area contributed by atoms with E-state index in [1.54, 1.807) is 0 Å². The molecule has 1 aromatic carbocycles. The first kappa shape index (κ1) is 17.3. The van der Waals surface area contributed by atoms with Crippen LogP contribution in [0.4, 0.5) is 5.69 Å². The Morgan fingerprint density at radius 3 is 2.08 bits per heavy atom. The Kier molecular flexibility index (Phi) is 6.97. The molecule has 0 radical (unpaired) electrons. The maximum Gasteiger partial charge on any atom is 0.0340 e. The summed E-state index contributed by atoms with van der Waals surface area (Å²) in [7, 11) is 0. The van der Waals surface area contributed by atoms with Crippen molar-refractivity contribution in [2.24, 2.45) is 11.8 Å². The lowest BCUT2D eigenvalue weighted by Crippen LogP contribution is -2.25. The molecule has 0 amide bonds. The fourth-order valence-corrected chi connectivity index (χ4v) is 3.67. The van der Waals surface area contributed by atoms with Crippen LogP contribution in [0.1, 0.15) is 44.1 Å². The van der Waals surface area contributed by atoms with Crippen LogP contribution < -0.4 is 10.6 Å². The maximum atomic E-state index is 3.63. The van der Waals surface area contributed by atoms with Crippen molar-refractivity contribution in [1.29, 1.82) is 0 Å². The van der Waals surface area contributed by atoms with E-state index in [0.29, 0.717) is 0 Å². The predicted molar refractivity (Wildman–Crippen MR) is 104 cm³/mol. The van der Waals surface area contributed by atoms with Crippen LogP contribution >= 0.6 is 0 Å². The number of anilines is 1. The Bertz CT molecular complexity index is 529. The first-order valence-electron chi connectivity index (χ1n) is 9.73. The van der Waals surface area contributed by atoms with Crippen LogP contribution in [0.2, 0.25) is 0 Å². The number of rotatable bonds is 8. The van der Waals surface area contributed by atoms with E-state index >= 15 is 0 Å². The third-order valence-electron chi connectivity index (χ3n) is 5.33. The molecule has 0 saturated carbocycles. The zero-order valence-corrected chi connectivity index (χ0v) is 14.8. The summed E-state index contributed by atoms with van der Waals surface area (Å²) in [6, 6.07) is 9.02. The molecule has 0 heterocycles. The molecule has 130 valence electrons. The number of hydrogen-bond donors (Lipinski definition) is 2. The molecule has 24 heavy (non-hydrogen) atoms. The Balaban J connectivity index is 1.32. The summed E-state index contributed by atoms with van der Waals surface area (Å²) in [6.07, 6.45) is 18.1. The van der Waals surface area contributed by atoms with Gasteiger partial charge in [-0.2, -0.15) is 0 Å². The Hall–Kier alpha value is -1.54. The highest BCUT2D eigenvalue weighted by molar-refractivity contribution is 5.44. The topological polar surface area (TPSA) is 24.1 Å². The third-order valence-corrected chi connectivity index (χ3v) is 5.33. The molecule has 0 spiro atoms. The second kappa shape index (κ2) is 9.68. The highest BCUT2D eigenvalue weighted by Crippen LogP contribution is 2.19. The first-order valence-corrected chi connectivity index (χ1v) is 9.73. The molecule has 2 unspecified atom stereocenters. The first-order chi connectivity index (χ1) is 11.9. The lowest BCUT2D eigenvalue weighted by Gasteiger charge is -2.19. The smallest absolute Gasteiger partial charge is 0.0340 e. The van der Waals surface area contributed by atoms with Gasteiger partial charge in [0.05, 0.1) is 0 Å². The van der Waals surface area contributed by atoms with Crippen molar-refractivity contribution in [3.8, 4) is 0 Å². The van der Waals surface area contributed by atoms with Gasteiger partial charge in [-0.05, 0) is 87.6 Å². The molecule has 3 rings (SSSR count). The molecule has 0 saturated heterocycles. The van der Waals surface area contributed by atoms with Gasteiger partial charge < -0.3 is 10.6 Å². The van der Waals surface area contributed by atoms with Crippen LogP contribution in [0.15, 0.2) is 48.6 Å². The van der Waals surface area contributed by atoms with Gasteiger partial charge in [-0.25, -0.2) is 0 Å². The lowest BCUT2D eigenvalue weighted by atomic mass is 9.94. The SMILES string of the molecule is C1=CCC(CNCCc2ccc(NCC3CC=CCC3)cc2)CC1. The predicted octanol–water partition coefficient (Wildman–Crippen LogP) is 4.94. The minimum Gasteiger partial charge on any atom is -0.385 e. The van der Waals surface area contributed by atoms with Gasteiger partial charge in [0.25, 0.3) is 0 Å². The number of benzene rings is 1. The van der Waals surface area contributed by atoms with Crippen LogP contribution in [0.25, 0.3) is 0 Å². The van der Waals surface area contributed by atoms with Gasteiger partial charge in [0, 0.05) is 12.2 Å². The molecule has 2 aliphatic carbocycles. The molecular weight excluding hydrogens is 292 g/mol. The van der Waals surface area contributed by atoms with Crippen molar-refractivity contribution < 1.29 is 0 Å². The zero-order chi connectivity index (χ0) is 16.5. The van der Waals surface area contributed by atoms with Crippen molar-refractivity contribution in [3.05, 3.63) is 54.1 Å². The Morgan fingerprint density at radius 1 is 0.792 bits per heavy atom. The van der Waals surface area contributed by atoms with E-state index in [0.717, 1.165) is 31.3 Å². The second-order valence-electron chi connectivity index (χ2n) is 7.33. The monoisotopic (exact) mass is 324 g/mol. The lowest BCUT2D eigenvalue weighted by molar-refractivity contribution is 0.442. The molecule has 2 heteroatoms. The molecule has 0 aromatic heterocycles. The minimum absolute atomic E-state index is 0.800. The van der Waals surface area contributed by atoms with Crippen molar-refractivity contribution in [2.75, 3.05) is 25.0 Å². The fourth-order valence-electron chi connectivity index (χ4n) is 3.67. The van der Waals surface area contributed by atoms with E-state index < -0.39 is 0 Å². The van der Waals surface area contributed by atoms with E-state index in [-0.39, 0.29) is 0 Å². The largest absolute Gasteiger partial charge is 0.385 e. The van der Waals surface area contributed by atoms with Gasteiger partial charge in [0.15, 0.2) is 0 Å². The number of nitrogens with one attached hydrogen (secondary N) is 2. The molecule has 2 aliphatic rings. The average molecular weight is 325 g/mol.